The summed E-state index contributed by atoms with van der Waals surface area (Å²) in [6.07, 6.45) is 0.987. The Hall–Kier alpha value is -0.870. The van der Waals surface area contributed by atoms with Gasteiger partial charge in [0.05, 0.1) is 18.1 Å². The number of hydrogen-bond donors (Lipinski definition) is 1. The zero-order valence-electron chi connectivity index (χ0n) is 10.6. The first kappa shape index (κ1) is 12.6. The minimum atomic E-state index is 0.0472. The van der Waals surface area contributed by atoms with E-state index < -0.39 is 0 Å². The van der Waals surface area contributed by atoms with E-state index in [0.29, 0.717) is 6.54 Å². The molecule has 1 amide bonds. The third-order valence-electron chi connectivity index (χ3n) is 3.20. The summed E-state index contributed by atoms with van der Waals surface area (Å²) in [5.41, 5.74) is 1.41. The van der Waals surface area contributed by atoms with Crippen LogP contribution in [0.2, 0.25) is 0 Å². The predicted octanol–water partition coefficient (Wildman–Crippen LogP) is 2.39. The monoisotopic (exact) mass is 253 g/mol. The largest absolute Gasteiger partial charge is 0.380 e. The molecule has 1 N–H and O–H groups in total. The van der Waals surface area contributed by atoms with Gasteiger partial charge in [0.25, 0.3) is 5.91 Å². The Morgan fingerprint density at radius 3 is 2.76 bits per heavy atom. The van der Waals surface area contributed by atoms with Crippen LogP contribution in [0.5, 0.6) is 0 Å². The molecule has 0 bridgehead atoms. The van der Waals surface area contributed by atoms with Crippen LogP contribution in [-0.4, -0.2) is 25.7 Å². The third-order valence-corrected chi connectivity index (χ3v) is 4.29. The second kappa shape index (κ2) is 4.78. The van der Waals surface area contributed by atoms with Gasteiger partial charge in [-0.05, 0) is 25.0 Å². The lowest BCUT2D eigenvalue weighted by Gasteiger charge is -2.37. The first-order valence-corrected chi connectivity index (χ1v) is 6.81. The van der Waals surface area contributed by atoms with Crippen molar-refractivity contribution in [1.29, 1.82) is 0 Å². The van der Waals surface area contributed by atoms with E-state index in [1.807, 2.05) is 6.07 Å². The van der Waals surface area contributed by atoms with E-state index in [4.69, 9.17) is 4.74 Å². The Morgan fingerprint density at radius 1 is 1.59 bits per heavy atom. The van der Waals surface area contributed by atoms with Gasteiger partial charge in [-0.1, -0.05) is 13.8 Å². The first-order chi connectivity index (χ1) is 8.04. The molecule has 2 heterocycles. The van der Waals surface area contributed by atoms with E-state index in [-0.39, 0.29) is 11.3 Å². The fourth-order valence-electron chi connectivity index (χ4n) is 1.92. The van der Waals surface area contributed by atoms with E-state index >= 15 is 0 Å². The number of hydrogen-bond acceptors (Lipinski definition) is 3. The van der Waals surface area contributed by atoms with Crippen molar-refractivity contribution in [2.45, 2.75) is 27.2 Å². The molecule has 0 atom stereocenters. The van der Waals surface area contributed by atoms with Crippen molar-refractivity contribution in [2.75, 3.05) is 19.8 Å². The quantitative estimate of drug-likeness (QED) is 0.894. The van der Waals surface area contributed by atoms with Gasteiger partial charge in [-0.25, -0.2) is 0 Å². The number of ether oxygens (including phenoxy) is 1. The van der Waals surface area contributed by atoms with Gasteiger partial charge in [0.2, 0.25) is 0 Å². The molecule has 1 aromatic heterocycles. The molecule has 94 valence electrons. The molecule has 1 aliphatic heterocycles. The Morgan fingerprint density at radius 2 is 2.29 bits per heavy atom. The Kier molecular flexibility index (Phi) is 3.54. The molecule has 1 aliphatic rings. The molecule has 0 aromatic carbocycles. The second-order valence-corrected chi connectivity index (χ2v) is 6.29. The summed E-state index contributed by atoms with van der Waals surface area (Å²) in [4.78, 5) is 14.0. The van der Waals surface area contributed by atoms with Gasteiger partial charge < -0.3 is 10.1 Å². The SMILES string of the molecule is CCc1cc(C(=O)NCC2(C)COC2)sc1C. The van der Waals surface area contributed by atoms with E-state index in [1.54, 1.807) is 11.3 Å². The van der Waals surface area contributed by atoms with Gasteiger partial charge in [0.1, 0.15) is 0 Å². The zero-order valence-corrected chi connectivity index (χ0v) is 11.4. The zero-order chi connectivity index (χ0) is 12.5. The topological polar surface area (TPSA) is 38.3 Å². The lowest BCUT2D eigenvalue weighted by molar-refractivity contribution is -0.0978. The molecule has 1 fully saturated rings. The summed E-state index contributed by atoms with van der Waals surface area (Å²) < 4.78 is 5.17. The summed E-state index contributed by atoms with van der Waals surface area (Å²) in [5.74, 6) is 0.0472. The van der Waals surface area contributed by atoms with Crippen molar-refractivity contribution in [3.05, 3.63) is 21.4 Å². The van der Waals surface area contributed by atoms with Crippen LogP contribution in [-0.2, 0) is 11.2 Å². The van der Waals surface area contributed by atoms with Crippen molar-refractivity contribution in [3.8, 4) is 0 Å². The Labute approximate surface area is 106 Å². The number of thiophene rings is 1. The average molecular weight is 253 g/mol. The normalized spacial score (nSPS) is 17.6. The maximum absolute atomic E-state index is 12.0. The predicted molar refractivity (Wildman–Crippen MR) is 69.7 cm³/mol. The average Bonchev–Trinajstić information content (AvgIpc) is 2.65. The maximum Gasteiger partial charge on any atom is 0.261 e. The lowest BCUT2D eigenvalue weighted by Crippen LogP contribution is -2.48. The highest BCUT2D eigenvalue weighted by Gasteiger charge is 2.33. The number of aryl methyl sites for hydroxylation is 2. The number of carbonyl (C=O) groups excluding carboxylic acids is 1. The highest BCUT2D eigenvalue weighted by Crippen LogP contribution is 2.26. The molecular formula is C13H19NO2S. The molecule has 0 saturated carbocycles. The van der Waals surface area contributed by atoms with E-state index in [9.17, 15) is 4.79 Å². The Bertz CT molecular complexity index is 421. The number of nitrogens with one attached hydrogen (secondary N) is 1. The summed E-state index contributed by atoms with van der Waals surface area (Å²) in [7, 11) is 0. The van der Waals surface area contributed by atoms with Gasteiger partial charge in [-0.3, -0.25) is 4.79 Å². The maximum atomic E-state index is 12.0. The fourth-order valence-corrected chi connectivity index (χ4v) is 2.95. The number of amides is 1. The van der Waals surface area contributed by atoms with Crippen molar-refractivity contribution >= 4 is 17.2 Å². The summed E-state index contributed by atoms with van der Waals surface area (Å²) in [6, 6.07) is 2.01. The van der Waals surface area contributed by atoms with E-state index in [1.165, 1.54) is 10.4 Å². The summed E-state index contributed by atoms with van der Waals surface area (Å²) >= 11 is 1.58. The standard InChI is InChI=1S/C13H19NO2S/c1-4-10-5-11(17-9(10)2)12(15)14-6-13(3)7-16-8-13/h5H,4,6-8H2,1-3H3,(H,14,15). The lowest BCUT2D eigenvalue weighted by atomic mass is 9.89. The van der Waals surface area contributed by atoms with Gasteiger partial charge in [0.15, 0.2) is 0 Å². The molecule has 1 saturated heterocycles. The van der Waals surface area contributed by atoms with E-state index in [0.717, 1.165) is 24.5 Å². The summed E-state index contributed by atoms with van der Waals surface area (Å²) in [6.45, 7) is 8.51. The number of rotatable bonds is 4. The first-order valence-electron chi connectivity index (χ1n) is 5.99. The van der Waals surface area contributed by atoms with Gasteiger partial charge in [0, 0.05) is 16.8 Å². The molecule has 2 rings (SSSR count). The van der Waals surface area contributed by atoms with Crippen LogP contribution in [0.3, 0.4) is 0 Å². The van der Waals surface area contributed by atoms with E-state index in [2.05, 4.69) is 26.1 Å². The van der Waals surface area contributed by atoms with Crippen LogP contribution >= 0.6 is 11.3 Å². The molecule has 17 heavy (non-hydrogen) atoms. The van der Waals surface area contributed by atoms with Crippen LogP contribution < -0.4 is 5.32 Å². The molecule has 0 radical (unpaired) electrons. The molecule has 1 aromatic rings. The molecular weight excluding hydrogens is 234 g/mol. The minimum Gasteiger partial charge on any atom is -0.380 e. The highest BCUT2D eigenvalue weighted by atomic mass is 32.1. The fraction of sp³-hybridized carbons (Fsp3) is 0.615. The molecule has 0 spiro atoms. The van der Waals surface area contributed by atoms with Crippen molar-refractivity contribution in [3.63, 3.8) is 0 Å². The molecule has 0 aliphatic carbocycles. The minimum absolute atomic E-state index is 0.0472. The second-order valence-electron chi connectivity index (χ2n) is 5.03. The van der Waals surface area contributed by atoms with Crippen molar-refractivity contribution < 1.29 is 9.53 Å². The van der Waals surface area contributed by atoms with Gasteiger partial charge >= 0.3 is 0 Å². The van der Waals surface area contributed by atoms with Gasteiger partial charge in [-0.2, -0.15) is 0 Å². The van der Waals surface area contributed by atoms with Crippen molar-refractivity contribution in [2.24, 2.45) is 5.41 Å². The molecule has 0 unspecified atom stereocenters. The molecule has 3 nitrogen and oxygen atoms in total. The third kappa shape index (κ3) is 2.69. The van der Waals surface area contributed by atoms with Crippen LogP contribution in [0.1, 0.15) is 34.0 Å². The van der Waals surface area contributed by atoms with Crippen LogP contribution in [0, 0.1) is 12.3 Å². The van der Waals surface area contributed by atoms with Crippen LogP contribution in [0.4, 0.5) is 0 Å². The number of carbonyl (C=O) groups is 1. The smallest absolute Gasteiger partial charge is 0.261 e. The Balaban J connectivity index is 1.94. The van der Waals surface area contributed by atoms with Gasteiger partial charge in [-0.15, -0.1) is 11.3 Å². The van der Waals surface area contributed by atoms with Crippen molar-refractivity contribution in [1.82, 2.24) is 5.32 Å². The summed E-state index contributed by atoms with van der Waals surface area (Å²) in [5, 5.41) is 3.00. The highest BCUT2D eigenvalue weighted by molar-refractivity contribution is 7.14. The van der Waals surface area contributed by atoms with Crippen LogP contribution in [0.25, 0.3) is 0 Å². The van der Waals surface area contributed by atoms with Crippen LogP contribution in [0.15, 0.2) is 6.07 Å². The molecule has 4 heteroatoms.